The minimum absolute atomic E-state index is 0.0297. The molecule has 0 amide bonds. The molecule has 0 aliphatic heterocycles. The summed E-state index contributed by atoms with van der Waals surface area (Å²) in [5.74, 6) is -0.0567. The van der Waals surface area contributed by atoms with Crippen LogP contribution < -0.4 is 4.74 Å². The molecule has 0 fully saturated rings. The number of ether oxygens (including phenoxy) is 2. The van der Waals surface area contributed by atoms with Gasteiger partial charge < -0.3 is 9.47 Å². The summed E-state index contributed by atoms with van der Waals surface area (Å²) in [7, 11) is 1.55. The average Bonchev–Trinajstić information content (AvgIpc) is 2.50. The number of pyridine rings is 1. The summed E-state index contributed by atoms with van der Waals surface area (Å²) in [6.45, 7) is 1.96. The normalized spacial score (nSPS) is 10.4. The van der Waals surface area contributed by atoms with E-state index in [0.717, 1.165) is 11.1 Å². The number of hydrogen-bond donors (Lipinski definition) is 0. The Morgan fingerprint density at radius 2 is 1.95 bits per heavy atom. The van der Waals surface area contributed by atoms with Gasteiger partial charge in [0.05, 0.1) is 22.2 Å². The Hall–Kier alpha value is -1.49. The molecule has 4 nitrogen and oxygen atoms in total. The Kier molecular flexibility index (Phi) is 5.51. The number of aromatic nitrogens is 1. The van der Waals surface area contributed by atoms with Crippen molar-refractivity contribution in [3.05, 3.63) is 56.3 Å². The smallest absolute Gasteiger partial charge is 0.358 e. The molecule has 0 atom stereocenters. The number of methoxy groups -OCH3 is 1. The van der Waals surface area contributed by atoms with Crippen LogP contribution in [0, 0.1) is 6.92 Å². The van der Waals surface area contributed by atoms with Crippen LogP contribution in [0.15, 0.2) is 24.4 Å². The molecule has 7 heteroatoms. The van der Waals surface area contributed by atoms with Crippen molar-refractivity contribution in [2.24, 2.45) is 0 Å². The van der Waals surface area contributed by atoms with Gasteiger partial charge in [-0.3, -0.25) is 0 Å². The number of hydrogen-bond acceptors (Lipinski definition) is 4. The number of carbonyl (C=O) groups excluding carboxylic acids is 1. The van der Waals surface area contributed by atoms with Gasteiger partial charge in [0.2, 0.25) is 0 Å². The summed E-state index contributed by atoms with van der Waals surface area (Å²) in [6, 6.07) is 5.58. The first kappa shape index (κ1) is 16.9. The van der Waals surface area contributed by atoms with Crippen molar-refractivity contribution in [3.8, 4) is 5.75 Å². The molecule has 116 valence electrons. The van der Waals surface area contributed by atoms with Gasteiger partial charge >= 0.3 is 5.97 Å². The van der Waals surface area contributed by atoms with Crippen LogP contribution in [0.5, 0.6) is 5.75 Å². The minimum Gasteiger partial charge on any atom is -0.496 e. The first-order chi connectivity index (χ1) is 10.4. The number of aryl methyl sites for hydroxylation is 1. The second-order valence-electron chi connectivity index (χ2n) is 4.47. The highest BCUT2D eigenvalue weighted by atomic mass is 35.5. The SMILES string of the molecule is COc1ccc(C)cc1COC(=O)c1ncc(Cl)c(Cl)c1Cl. The largest absolute Gasteiger partial charge is 0.496 e. The summed E-state index contributed by atoms with van der Waals surface area (Å²) in [5.41, 5.74) is 1.69. The molecule has 0 radical (unpaired) electrons. The van der Waals surface area contributed by atoms with E-state index in [1.165, 1.54) is 6.20 Å². The van der Waals surface area contributed by atoms with Gasteiger partial charge in [-0.2, -0.15) is 0 Å². The van der Waals surface area contributed by atoms with Gasteiger partial charge in [-0.05, 0) is 19.1 Å². The zero-order valence-electron chi connectivity index (χ0n) is 11.8. The molecular formula is C15H12Cl3NO3. The summed E-state index contributed by atoms with van der Waals surface area (Å²) < 4.78 is 10.4. The van der Waals surface area contributed by atoms with E-state index in [1.807, 2.05) is 25.1 Å². The van der Waals surface area contributed by atoms with E-state index >= 15 is 0 Å². The molecule has 0 spiro atoms. The number of halogens is 3. The van der Waals surface area contributed by atoms with Crippen LogP contribution in [0.3, 0.4) is 0 Å². The Labute approximate surface area is 142 Å². The quantitative estimate of drug-likeness (QED) is 0.741. The van der Waals surface area contributed by atoms with Crippen molar-refractivity contribution < 1.29 is 14.3 Å². The zero-order chi connectivity index (χ0) is 16.3. The van der Waals surface area contributed by atoms with Gasteiger partial charge in [0, 0.05) is 11.8 Å². The molecule has 0 unspecified atom stereocenters. The Morgan fingerprint density at radius 1 is 1.23 bits per heavy atom. The third-order valence-electron chi connectivity index (χ3n) is 2.91. The van der Waals surface area contributed by atoms with Crippen molar-refractivity contribution >= 4 is 40.8 Å². The van der Waals surface area contributed by atoms with Gasteiger partial charge in [-0.15, -0.1) is 0 Å². The number of nitrogens with zero attached hydrogens (tertiary/aromatic N) is 1. The van der Waals surface area contributed by atoms with E-state index in [4.69, 9.17) is 44.3 Å². The lowest BCUT2D eigenvalue weighted by Crippen LogP contribution is -2.09. The van der Waals surface area contributed by atoms with Crippen LogP contribution in [0.4, 0.5) is 0 Å². The predicted octanol–water partition coefficient (Wildman–Crippen LogP) is 4.72. The van der Waals surface area contributed by atoms with Crippen LogP contribution in [0.1, 0.15) is 21.6 Å². The van der Waals surface area contributed by atoms with Crippen molar-refractivity contribution in [3.63, 3.8) is 0 Å². The number of carbonyl (C=O) groups is 1. The molecule has 0 N–H and O–H groups in total. The topological polar surface area (TPSA) is 48.4 Å². The van der Waals surface area contributed by atoms with E-state index in [9.17, 15) is 4.79 Å². The fourth-order valence-corrected chi connectivity index (χ4v) is 2.38. The zero-order valence-corrected chi connectivity index (χ0v) is 14.1. The van der Waals surface area contributed by atoms with Gasteiger partial charge in [0.15, 0.2) is 5.69 Å². The van der Waals surface area contributed by atoms with Crippen molar-refractivity contribution in [1.82, 2.24) is 4.98 Å². The predicted molar refractivity (Wildman–Crippen MR) is 86.1 cm³/mol. The van der Waals surface area contributed by atoms with Crippen LogP contribution in [0.2, 0.25) is 15.1 Å². The van der Waals surface area contributed by atoms with Crippen LogP contribution in [-0.4, -0.2) is 18.1 Å². The summed E-state index contributed by atoms with van der Waals surface area (Å²) in [4.78, 5) is 15.9. The van der Waals surface area contributed by atoms with Crippen molar-refractivity contribution in [1.29, 1.82) is 0 Å². The fraction of sp³-hybridized carbons (Fsp3) is 0.200. The van der Waals surface area contributed by atoms with Crippen LogP contribution >= 0.6 is 34.8 Å². The number of esters is 1. The van der Waals surface area contributed by atoms with Gasteiger partial charge in [-0.1, -0.05) is 46.4 Å². The Balaban J connectivity index is 2.17. The minimum atomic E-state index is -0.688. The molecule has 0 saturated heterocycles. The van der Waals surface area contributed by atoms with E-state index in [-0.39, 0.29) is 27.4 Å². The molecular weight excluding hydrogens is 349 g/mol. The maximum atomic E-state index is 12.1. The third kappa shape index (κ3) is 3.64. The second-order valence-corrected chi connectivity index (χ2v) is 5.64. The lowest BCUT2D eigenvalue weighted by atomic mass is 10.1. The summed E-state index contributed by atoms with van der Waals surface area (Å²) >= 11 is 17.6. The molecule has 2 rings (SSSR count). The van der Waals surface area contributed by atoms with Crippen molar-refractivity contribution in [2.45, 2.75) is 13.5 Å². The van der Waals surface area contributed by atoms with Gasteiger partial charge in [0.25, 0.3) is 0 Å². The molecule has 1 aromatic carbocycles. The van der Waals surface area contributed by atoms with Crippen molar-refractivity contribution in [2.75, 3.05) is 7.11 Å². The monoisotopic (exact) mass is 359 g/mol. The molecule has 1 heterocycles. The molecule has 0 bridgehead atoms. The third-order valence-corrected chi connectivity index (χ3v) is 4.15. The first-order valence-corrected chi connectivity index (χ1v) is 7.37. The lowest BCUT2D eigenvalue weighted by molar-refractivity contribution is 0.0463. The summed E-state index contributed by atoms with van der Waals surface area (Å²) in [5, 5.41) is 0.206. The molecule has 2 aromatic rings. The van der Waals surface area contributed by atoms with Crippen LogP contribution in [-0.2, 0) is 11.3 Å². The highest BCUT2D eigenvalue weighted by Gasteiger charge is 2.19. The highest BCUT2D eigenvalue weighted by Crippen LogP contribution is 2.31. The van der Waals surface area contributed by atoms with Gasteiger partial charge in [-0.25, -0.2) is 9.78 Å². The fourth-order valence-electron chi connectivity index (χ4n) is 1.82. The average molecular weight is 361 g/mol. The molecule has 0 aliphatic carbocycles. The Morgan fingerprint density at radius 3 is 2.64 bits per heavy atom. The maximum absolute atomic E-state index is 12.1. The number of rotatable bonds is 4. The molecule has 22 heavy (non-hydrogen) atoms. The lowest BCUT2D eigenvalue weighted by Gasteiger charge is -2.11. The Bertz CT molecular complexity index is 719. The first-order valence-electron chi connectivity index (χ1n) is 6.24. The molecule has 1 aromatic heterocycles. The highest BCUT2D eigenvalue weighted by molar-refractivity contribution is 6.48. The number of benzene rings is 1. The van der Waals surface area contributed by atoms with Crippen LogP contribution in [0.25, 0.3) is 0 Å². The van der Waals surface area contributed by atoms with E-state index in [2.05, 4.69) is 4.98 Å². The summed E-state index contributed by atoms with van der Waals surface area (Å²) in [6.07, 6.45) is 1.25. The van der Waals surface area contributed by atoms with Gasteiger partial charge in [0.1, 0.15) is 12.4 Å². The molecule has 0 aliphatic rings. The second kappa shape index (κ2) is 7.18. The maximum Gasteiger partial charge on any atom is 0.358 e. The van der Waals surface area contributed by atoms with E-state index in [0.29, 0.717) is 5.75 Å². The standard InChI is InChI=1S/C15H12Cl3NO3/c1-8-3-4-11(21-2)9(5-8)7-22-15(20)14-13(18)12(17)10(16)6-19-14/h3-6H,7H2,1-2H3. The van der Waals surface area contributed by atoms with E-state index < -0.39 is 5.97 Å². The van der Waals surface area contributed by atoms with E-state index in [1.54, 1.807) is 7.11 Å². The molecule has 0 saturated carbocycles.